The lowest BCUT2D eigenvalue weighted by atomic mass is 10.1. The Morgan fingerprint density at radius 3 is 2.54 bits per heavy atom. The van der Waals surface area contributed by atoms with Crippen molar-refractivity contribution in [2.75, 3.05) is 6.54 Å². The maximum absolute atomic E-state index is 12.0. The summed E-state index contributed by atoms with van der Waals surface area (Å²) < 4.78 is 10.2. The van der Waals surface area contributed by atoms with Crippen LogP contribution >= 0.6 is 0 Å². The van der Waals surface area contributed by atoms with Gasteiger partial charge in [-0.15, -0.1) is 10.2 Å². The minimum atomic E-state index is -0.347. The number of aromatic nitrogens is 2. The summed E-state index contributed by atoms with van der Waals surface area (Å²) in [6.45, 7) is 0.158. The molecule has 1 aromatic carbocycles. The Balaban J connectivity index is 1.48. The molecule has 2 aromatic heterocycles. The summed E-state index contributed by atoms with van der Waals surface area (Å²) >= 11 is 0. The Labute approximate surface area is 136 Å². The van der Waals surface area contributed by atoms with Crippen molar-refractivity contribution in [1.29, 1.82) is 0 Å². The molecule has 24 heavy (non-hydrogen) atoms. The van der Waals surface area contributed by atoms with Gasteiger partial charge >= 0.3 is 0 Å². The second-order valence-corrected chi connectivity index (χ2v) is 4.86. The molecule has 0 fully saturated rings. The molecule has 3 aromatic rings. The van der Waals surface area contributed by atoms with E-state index in [0.717, 1.165) is 0 Å². The number of hydrogen-bond acceptors (Lipinski definition) is 6. The van der Waals surface area contributed by atoms with Gasteiger partial charge in [0.15, 0.2) is 0 Å². The Hall–Kier alpha value is -3.42. The first-order valence-corrected chi connectivity index (χ1v) is 7.16. The van der Waals surface area contributed by atoms with Crippen molar-refractivity contribution in [2.45, 2.75) is 6.54 Å². The number of furan rings is 1. The average Bonchev–Trinajstić information content (AvgIpc) is 3.31. The fraction of sp³-hybridized carbons (Fsp3) is 0.125. The first kappa shape index (κ1) is 15.5. The fourth-order valence-corrected chi connectivity index (χ4v) is 1.99. The molecule has 2 N–H and O–H groups in total. The molecule has 0 radical (unpaired) electrons. The molecule has 0 saturated heterocycles. The van der Waals surface area contributed by atoms with Crippen molar-refractivity contribution in [3.8, 4) is 11.5 Å². The molecule has 122 valence electrons. The number of carbonyl (C=O) groups is 2. The van der Waals surface area contributed by atoms with Crippen molar-refractivity contribution in [3.05, 3.63) is 60.4 Å². The number of carbonyl (C=O) groups excluding carboxylic acids is 2. The third-order valence-electron chi connectivity index (χ3n) is 3.20. The monoisotopic (exact) mass is 326 g/mol. The molecule has 0 aliphatic heterocycles. The Morgan fingerprint density at radius 1 is 1.04 bits per heavy atom. The lowest BCUT2D eigenvalue weighted by molar-refractivity contribution is -0.120. The van der Waals surface area contributed by atoms with E-state index in [2.05, 4.69) is 20.8 Å². The number of nitrogens with zero attached hydrogens (tertiary/aromatic N) is 2. The molecular weight excluding hydrogens is 312 g/mol. The van der Waals surface area contributed by atoms with Crippen LogP contribution in [0.25, 0.3) is 11.5 Å². The number of benzene rings is 1. The van der Waals surface area contributed by atoms with Gasteiger partial charge in [0.05, 0.1) is 19.4 Å². The molecule has 3 rings (SSSR count). The minimum absolute atomic E-state index is 0.120. The van der Waals surface area contributed by atoms with Crippen LogP contribution in [0.5, 0.6) is 0 Å². The molecule has 2 heterocycles. The van der Waals surface area contributed by atoms with Gasteiger partial charge in [-0.1, -0.05) is 0 Å². The quantitative estimate of drug-likeness (QED) is 0.708. The SMILES string of the molecule is O=C(CNC(=O)c1ccc(-c2nnco2)cc1)NCc1ccco1. The van der Waals surface area contributed by atoms with Gasteiger partial charge in [0.2, 0.25) is 18.2 Å². The molecule has 0 unspecified atom stereocenters. The van der Waals surface area contributed by atoms with Crippen LogP contribution in [0.4, 0.5) is 0 Å². The van der Waals surface area contributed by atoms with Crippen molar-refractivity contribution < 1.29 is 18.4 Å². The highest BCUT2D eigenvalue weighted by molar-refractivity contribution is 5.96. The zero-order valence-electron chi connectivity index (χ0n) is 12.6. The Morgan fingerprint density at radius 2 is 1.88 bits per heavy atom. The number of hydrogen-bond donors (Lipinski definition) is 2. The number of nitrogens with one attached hydrogen (secondary N) is 2. The lowest BCUT2D eigenvalue weighted by Gasteiger charge is -2.06. The van der Waals surface area contributed by atoms with Crippen molar-refractivity contribution in [2.24, 2.45) is 0 Å². The molecular formula is C16H14N4O4. The van der Waals surface area contributed by atoms with Gasteiger partial charge in [-0.05, 0) is 36.4 Å². The van der Waals surface area contributed by atoms with Gasteiger partial charge in [0, 0.05) is 11.1 Å². The van der Waals surface area contributed by atoms with E-state index in [4.69, 9.17) is 8.83 Å². The molecule has 2 amide bonds. The zero-order chi connectivity index (χ0) is 16.8. The van der Waals surface area contributed by atoms with Crippen LogP contribution in [-0.4, -0.2) is 28.6 Å². The normalized spacial score (nSPS) is 10.3. The van der Waals surface area contributed by atoms with Gasteiger partial charge < -0.3 is 19.5 Å². The van der Waals surface area contributed by atoms with Crippen LogP contribution in [0, 0.1) is 0 Å². The van der Waals surface area contributed by atoms with E-state index in [1.807, 2.05) is 0 Å². The minimum Gasteiger partial charge on any atom is -0.467 e. The van der Waals surface area contributed by atoms with Gasteiger partial charge in [-0.2, -0.15) is 0 Å². The first-order chi connectivity index (χ1) is 11.7. The van der Waals surface area contributed by atoms with E-state index < -0.39 is 0 Å². The van der Waals surface area contributed by atoms with Crippen molar-refractivity contribution in [1.82, 2.24) is 20.8 Å². The maximum atomic E-state index is 12.0. The summed E-state index contributed by atoms with van der Waals surface area (Å²) in [6.07, 6.45) is 2.76. The predicted octanol–water partition coefficient (Wildman–Crippen LogP) is 1.38. The van der Waals surface area contributed by atoms with Crippen molar-refractivity contribution >= 4 is 11.8 Å². The molecule has 0 spiro atoms. The summed E-state index contributed by atoms with van der Waals surface area (Å²) in [7, 11) is 0. The maximum Gasteiger partial charge on any atom is 0.251 e. The van der Waals surface area contributed by atoms with E-state index in [1.165, 1.54) is 12.7 Å². The molecule has 0 aliphatic rings. The third kappa shape index (κ3) is 3.86. The molecule has 0 bridgehead atoms. The largest absolute Gasteiger partial charge is 0.467 e. The van der Waals surface area contributed by atoms with Crippen LogP contribution in [0.15, 0.2) is 57.9 Å². The molecule has 0 saturated carbocycles. The topological polar surface area (TPSA) is 110 Å². The van der Waals surface area contributed by atoms with Gasteiger partial charge in [-0.25, -0.2) is 0 Å². The summed E-state index contributed by atoms with van der Waals surface area (Å²) in [5.74, 6) is 0.369. The van der Waals surface area contributed by atoms with E-state index in [0.29, 0.717) is 22.8 Å². The van der Waals surface area contributed by atoms with E-state index in [9.17, 15) is 9.59 Å². The lowest BCUT2D eigenvalue weighted by Crippen LogP contribution is -2.36. The van der Waals surface area contributed by atoms with Gasteiger partial charge in [0.1, 0.15) is 5.76 Å². The van der Waals surface area contributed by atoms with Crippen molar-refractivity contribution in [3.63, 3.8) is 0 Å². The highest BCUT2D eigenvalue weighted by Crippen LogP contribution is 2.16. The van der Waals surface area contributed by atoms with E-state index >= 15 is 0 Å². The molecule has 8 heteroatoms. The second-order valence-electron chi connectivity index (χ2n) is 4.86. The van der Waals surface area contributed by atoms with Crippen LogP contribution in [-0.2, 0) is 11.3 Å². The summed E-state index contributed by atoms with van der Waals surface area (Å²) in [4.78, 5) is 23.7. The van der Waals surface area contributed by atoms with E-state index in [-0.39, 0.29) is 24.9 Å². The van der Waals surface area contributed by atoms with Gasteiger partial charge in [-0.3, -0.25) is 9.59 Å². The number of amides is 2. The fourth-order valence-electron chi connectivity index (χ4n) is 1.99. The summed E-state index contributed by atoms with van der Waals surface area (Å²) in [6, 6.07) is 10.1. The van der Waals surface area contributed by atoms with Gasteiger partial charge in [0.25, 0.3) is 5.91 Å². The predicted molar refractivity (Wildman–Crippen MR) is 82.6 cm³/mol. The smallest absolute Gasteiger partial charge is 0.251 e. The molecule has 8 nitrogen and oxygen atoms in total. The number of rotatable bonds is 6. The zero-order valence-corrected chi connectivity index (χ0v) is 12.6. The van der Waals surface area contributed by atoms with E-state index in [1.54, 1.807) is 36.4 Å². The summed E-state index contributed by atoms with van der Waals surface area (Å²) in [5, 5.41) is 12.6. The molecule has 0 aliphatic carbocycles. The highest BCUT2D eigenvalue weighted by atomic mass is 16.4. The van der Waals surface area contributed by atoms with Crippen LogP contribution in [0.3, 0.4) is 0 Å². The summed E-state index contributed by atoms with van der Waals surface area (Å²) in [5.41, 5.74) is 1.14. The third-order valence-corrected chi connectivity index (χ3v) is 3.20. The first-order valence-electron chi connectivity index (χ1n) is 7.16. The molecule has 0 atom stereocenters. The Kier molecular flexibility index (Phi) is 4.66. The second kappa shape index (κ2) is 7.23. The van der Waals surface area contributed by atoms with Crippen LogP contribution < -0.4 is 10.6 Å². The Bertz CT molecular complexity index is 795. The standard InChI is InChI=1S/C16H14N4O4/c21-14(17-8-13-2-1-7-23-13)9-18-15(22)11-3-5-12(6-4-11)16-20-19-10-24-16/h1-7,10H,8-9H2,(H,17,21)(H,18,22). The average molecular weight is 326 g/mol. The highest BCUT2D eigenvalue weighted by Gasteiger charge is 2.10. The van der Waals surface area contributed by atoms with Crippen LogP contribution in [0.1, 0.15) is 16.1 Å². The van der Waals surface area contributed by atoms with Crippen LogP contribution in [0.2, 0.25) is 0 Å².